The van der Waals surface area contributed by atoms with Gasteiger partial charge in [0.2, 0.25) is 5.88 Å². The number of pyridine rings is 1. The second-order valence-electron chi connectivity index (χ2n) is 5.49. The maximum absolute atomic E-state index is 10.0. The fourth-order valence-corrected chi connectivity index (χ4v) is 2.29. The van der Waals surface area contributed by atoms with Crippen LogP contribution >= 0.6 is 0 Å². The third-order valence-corrected chi connectivity index (χ3v) is 3.78. The highest BCUT2D eigenvalue weighted by Gasteiger charge is 2.17. The Balaban J connectivity index is 1.73. The summed E-state index contributed by atoms with van der Waals surface area (Å²) in [5.74, 6) is 1.62. The number of rotatable bonds is 5. The Morgan fingerprint density at radius 1 is 1.39 bits per heavy atom. The van der Waals surface area contributed by atoms with Crippen LogP contribution in [-0.2, 0) is 6.42 Å². The molecule has 0 saturated heterocycles. The first-order chi connectivity index (χ1) is 11.2. The van der Waals surface area contributed by atoms with Gasteiger partial charge in [-0.15, -0.1) is 0 Å². The largest absolute Gasteiger partial charge is 0.504 e. The number of ether oxygens (including phenoxy) is 2. The van der Waals surface area contributed by atoms with Crippen LogP contribution in [-0.4, -0.2) is 29.8 Å². The van der Waals surface area contributed by atoms with Crippen molar-refractivity contribution in [1.29, 1.82) is 0 Å². The molecule has 0 saturated carbocycles. The lowest BCUT2D eigenvalue weighted by molar-refractivity contribution is 0.352. The average molecular weight is 312 g/mol. The molecule has 1 aliphatic rings. The van der Waals surface area contributed by atoms with Crippen molar-refractivity contribution < 1.29 is 14.6 Å². The average Bonchev–Trinajstić information content (AvgIpc) is 3.01. The predicted octanol–water partition coefficient (Wildman–Crippen LogP) is 3.14. The first kappa shape index (κ1) is 15.4. The number of phenols is 1. The lowest BCUT2D eigenvalue weighted by Crippen LogP contribution is -2.17. The summed E-state index contributed by atoms with van der Waals surface area (Å²) in [6.45, 7) is 2.71. The quantitative estimate of drug-likeness (QED) is 0.888. The molecule has 23 heavy (non-hydrogen) atoms. The summed E-state index contributed by atoms with van der Waals surface area (Å²) in [6.07, 6.45) is 6.63. The number of likely N-dealkylation sites (N-methyl/N-ethyl adjacent to an activating group) is 1. The van der Waals surface area contributed by atoms with Gasteiger partial charge in [-0.2, -0.15) is 0 Å². The first-order valence-corrected chi connectivity index (χ1v) is 7.64. The Morgan fingerprint density at radius 3 is 3.00 bits per heavy atom. The number of phenolic OH excluding ortho intramolecular Hbond substituents is 1. The van der Waals surface area contributed by atoms with Crippen LogP contribution in [0.5, 0.6) is 23.1 Å². The molecule has 120 valence electrons. The summed E-state index contributed by atoms with van der Waals surface area (Å²) >= 11 is 0. The topological polar surface area (TPSA) is 63.6 Å². The first-order valence-electron chi connectivity index (χ1n) is 7.64. The Bertz CT molecular complexity index is 711. The van der Waals surface area contributed by atoms with Crippen LogP contribution in [0.25, 0.3) is 6.08 Å². The van der Waals surface area contributed by atoms with Crippen molar-refractivity contribution in [3.05, 3.63) is 47.7 Å². The molecule has 0 radical (unpaired) electrons. The molecule has 0 fully saturated rings. The van der Waals surface area contributed by atoms with E-state index in [-0.39, 0.29) is 5.75 Å². The van der Waals surface area contributed by atoms with Crippen LogP contribution < -0.4 is 14.8 Å². The molecule has 2 heterocycles. The number of fused-ring (bicyclic) bond motifs is 1. The third kappa shape index (κ3) is 3.63. The summed E-state index contributed by atoms with van der Waals surface area (Å²) in [5, 5.41) is 13.1. The van der Waals surface area contributed by atoms with Crippen LogP contribution in [0.2, 0.25) is 0 Å². The van der Waals surface area contributed by atoms with E-state index in [1.807, 2.05) is 25.3 Å². The van der Waals surface area contributed by atoms with Crippen LogP contribution in [0.1, 0.15) is 18.1 Å². The van der Waals surface area contributed by atoms with Gasteiger partial charge in [0.05, 0.1) is 6.61 Å². The number of benzene rings is 1. The van der Waals surface area contributed by atoms with Crippen LogP contribution in [0, 0.1) is 0 Å². The standard InChI is InChI=1S/C18H20N2O3/c1-12(19-2)3-4-13-5-6-18(20-11-13)23-17-9-14-7-8-22-16(14)10-15(17)21/h3-6,9-12,19,21H,7-8H2,1-2H3/b4-3+/t12-/m0/s1. The summed E-state index contributed by atoms with van der Waals surface area (Å²) in [4.78, 5) is 4.28. The van der Waals surface area contributed by atoms with E-state index >= 15 is 0 Å². The molecule has 5 nitrogen and oxygen atoms in total. The minimum Gasteiger partial charge on any atom is -0.504 e. The minimum atomic E-state index is 0.0549. The zero-order chi connectivity index (χ0) is 16.2. The molecule has 1 aromatic heterocycles. The SMILES string of the molecule is CN[C@@H](C)/C=C/c1ccc(Oc2cc3c(cc2O)OCC3)nc1. The summed E-state index contributed by atoms with van der Waals surface area (Å²) in [5.41, 5.74) is 2.03. The van der Waals surface area contributed by atoms with Crippen LogP contribution in [0.4, 0.5) is 0 Å². The molecule has 1 atom stereocenters. The molecule has 0 spiro atoms. The van der Waals surface area contributed by atoms with Crippen molar-refractivity contribution in [3.63, 3.8) is 0 Å². The summed E-state index contributed by atoms with van der Waals surface area (Å²) in [7, 11) is 1.92. The van der Waals surface area contributed by atoms with Gasteiger partial charge in [-0.3, -0.25) is 0 Å². The molecule has 0 unspecified atom stereocenters. The third-order valence-electron chi connectivity index (χ3n) is 3.78. The van der Waals surface area contributed by atoms with Crippen molar-refractivity contribution in [2.75, 3.05) is 13.7 Å². The van der Waals surface area contributed by atoms with Gasteiger partial charge in [-0.25, -0.2) is 4.98 Å². The lowest BCUT2D eigenvalue weighted by Gasteiger charge is -2.09. The van der Waals surface area contributed by atoms with Gasteiger partial charge in [0.25, 0.3) is 0 Å². The summed E-state index contributed by atoms with van der Waals surface area (Å²) in [6, 6.07) is 7.41. The summed E-state index contributed by atoms with van der Waals surface area (Å²) < 4.78 is 11.1. The fourth-order valence-electron chi connectivity index (χ4n) is 2.29. The van der Waals surface area contributed by atoms with E-state index < -0.39 is 0 Å². The maximum atomic E-state index is 10.0. The number of aromatic hydroxyl groups is 1. The Labute approximate surface area is 135 Å². The normalized spacial score (nSPS) is 14.5. The number of hydrogen-bond acceptors (Lipinski definition) is 5. The van der Waals surface area contributed by atoms with Crippen LogP contribution in [0.15, 0.2) is 36.5 Å². The highest BCUT2D eigenvalue weighted by Crippen LogP contribution is 2.38. The van der Waals surface area contributed by atoms with Crippen molar-refractivity contribution in [1.82, 2.24) is 10.3 Å². The number of hydrogen-bond donors (Lipinski definition) is 2. The van der Waals surface area contributed by atoms with Gasteiger partial charge in [-0.05, 0) is 31.7 Å². The molecule has 2 N–H and O–H groups in total. The van der Waals surface area contributed by atoms with E-state index in [1.54, 1.807) is 18.3 Å². The lowest BCUT2D eigenvalue weighted by atomic mass is 10.1. The Morgan fingerprint density at radius 2 is 2.26 bits per heavy atom. The molecule has 0 aliphatic carbocycles. The van der Waals surface area contributed by atoms with Gasteiger partial charge in [0.15, 0.2) is 11.5 Å². The van der Waals surface area contributed by atoms with E-state index in [1.165, 1.54) is 0 Å². The van der Waals surface area contributed by atoms with Gasteiger partial charge in [0.1, 0.15) is 5.75 Å². The van der Waals surface area contributed by atoms with Crippen molar-refractivity contribution in [2.24, 2.45) is 0 Å². The monoisotopic (exact) mass is 312 g/mol. The van der Waals surface area contributed by atoms with Gasteiger partial charge in [0, 0.05) is 36.4 Å². The highest BCUT2D eigenvalue weighted by molar-refractivity contribution is 5.53. The molecule has 0 bridgehead atoms. The zero-order valence-corrected chi connectivity index (χ0v) is 13.2. The van der Waals surface area contributed by atoms with E-state index in [2.05, 4.69) is 23.3 Å². The predicted molar refractivity (Wildman–Crippen MR) is 89.2 cm³/mol. The molecule has 5 heteroatoms. The van der Waals surface area contributed by atoms with Crippen molar-refractivity contribution in [3.8, 4) is 23.1 Å². The zero-order valence-electron chi connectivity index (χ0n) is 13.2. The van der Waals surface area contributed by atoms with Crippen LogP contribution in [0.3, 0.4) is 0 Å². The molecular weight excluding hydrogens is 292 g/mol. The van der Waals surface area contributed by atoms with Gasteiger partial charge < -0.3 is 19.9 Å². The highest BCUT2D eigenvalue weighted by atomic mass is 16.5. The van der Waals surface area contributed by atoms with E-state index in [4.69, 9.17) is 9.47 Å². The molecule has 1 aliphatic heterocycles. The number of aromatic nitrogens is 1. The molecular formula is C18H20N2O3. The fraction of sp³-hybridized carbons (Fsp3) is 0.278. The number of nitrogens with zero attached hydrogens (tertiary/aromatic N) is 1. The van der Waals surface area contributed by atoms with Gasteiger partial charge >= 0.3 is 0 Å². The minimum absolute atomic E-state index is 0.0549. The molecule has 3 rings (SSSR count). The van der Waals surface area contributed by atoms with Crippen molar-refractivity contribution >= 4 is 6.08 Å². The second-order valence-corrected chi connectivity index (χ2v) is 5.49. The van der Waals surface area contributed by atoms with Gasteiger partial charge in [-0.1, -0.05) is 12.2 Å². The van der Waals surface area contributed by atoms with Crippen molar-refractivity contribution in [2.45, 2.75) is 19.4 Å². The molecule has 2 aromatic rings. The van der Waals surface area contributed by atoms with E-state index in [0.29, 0.717) is 24.3 Å². The number of nitrogens with one attached hydrogen (secondary N) is 1. The molecule has 0 amide bonds. The smallest absolute Gasteiger partial charge is 0.219 e. The Hall–Kier alpha value is -2.53. The van der Waals surface area contributed by atoms with E-state index in [0.717, 1.165) is 23.3 Å². The van der Waals surface area contributed by atoms with E-state index in [9.17, 15) is 5.11 Å². The second kappa shape index (κ2) is 6.71. The maximum Gasteiger partial charge on any atom is 0.219 e. The Kier molecular flexibility index (Phi) is 4.48. The molecule has 1 aromatic carbocycles.